The van der Waals surface area contributed by atoms with Gasteiger partial charge >= 0.3 is 5.97 Å². The third-order valence-electron chi connectivity index (χ3n) is 5.72. The molecule has 0 unspecified atom stereocenters. The van der Waals surface area contributed by atoms with E-state index in [9.17, 15) is 4.79 Å². The van der Waals surface area contributed by atoms with Gasteiger partial charge in [-0.2, -0.15) is 0 Å². The second-order valence-electron chi connectivity index (χ2n) is 6.88. The lowest BCUT2D eigenvalue weighted by Crippen LogP contribution is -2.30. The van der Waals surface area contributed by atoms with Crippen LogP contribution in [0, 0.1) is 17.3 Å². The molecule has 3 atom stereocenters. The van der Waals surface area contributed by atoms with Crippen LogP contribution in [0.1, 0.15) is 57.8 Å². The van der Waals surface area contributed by atoms with Gasteiger partial charge in [0.2, 0.25) is 0 Å². The molecule has 18 heavy (non-hydrogen) atoms. The highest BCUT2D eigenvalue weighted by atomic mass is 16.4. The molecule has 0 aromatic rings. The molecule has 0 bridgehead atoms. The number of hydrogen-bond donors (Lipinski definition) is 2. The summed E-state index contributed by atoms with van der Waals surface area (Å²) in [5.41, 5.74) is 0.325. The number of carboxylic acids is 1. The largest absolute Gasteiger partial charge is 0.480 e. The first-order chi connectivity index (χ1) is 8.69. The van der Waals surface area contributed by atoms with Gasteiger partial charge in [-0.05, 0) is 42.9 Å². The first-order valence-electron chi connectivity index (χ1n) is 7.65. The standard InChI is InChI=1S/C15H25NO2/c17-14(18)13-9-15(10-16-13)7-6-12(8-15)11-4-2-1-3-5-11/h11-13,16H,1-10H2,(H,17,18)/t12-,13-,15-/m1/s1. The zero-order valence-corrected chi connectivity index (χ0v) is 11.2. The van der Waals surface area contributed by atoms with Crippen molar-refractivity contribution in [2.75, 3.05) is 6.54 Å². The molecule has 2 N–H and O–H groups in total. The Kier molecular flexibility index (Phi) is 3.35. The zero-order valence-electron chi connectivity index (χ0n) is 11.2. The van der Waals surface area contributed by atoms with Crippen LogP contribution in [0.4, 0.5) is 0 Å². The summed E-state index contributed by atoms with van der Waals surface area (Å²) in [5.74, 6) is 1.18. The minimum atomic E-state index is -0.659. The molecule has 102 valence electrons. The Morgan fingerprint density at radius 3 is 2.50 bits per heavy atom. The molecule has 3 heteroatoms. The van der Waals surface area contributed by atoms with Crippen LogP contribution in [0.2, 0.25) is 0 Å². The van der Waals surface area contributed by atoms with Crippen molar-refractivity contribution in [3.05, 3.63) is 0 Å². The molecule has 1 saturated heterocycles. The monoisotopic (exact) mass is 251 g/mol. The van der Waals surface area contributed by atoms with Crippen molar-refractivity contribution in [2.24, 2.45) is 17.3 Å². The average molecular weight is 251 g/mol. The average Bonchev–Trinajstić information content (AvgIpc) is 2.99. The number of hydrogen-bond acceptors (Lipinski definition) is 2. The summed E-state index contributed by atoms with van der Waals surface area (Å²) >= 11 is 0. The number of rotatable bonds is 2. The fourth-order valence-electron chi connectivity index (χ4n) is 4.70. The lowest BCUT2D eigenvalue weighted by Gasteiger charge is -2.29. The normalized spacial score (nSPS) is 41.6. The molecule has 2 aliphatic carbocycles. The lowest BCUT2D eigenvalue weighted by molar-refractivity contribution is -0.139. The molecule has 0 amide bonds. The van der Waals surface area contributed by atoms with Crippen LogP contribution in [-0.2, 0) is 4.79 Å². The van der Waals surface area contributed by atoms with Gasteiger partial charge in [-0.15, -0.1) is 0 Å². The van der Waals surface area contributed by atoms with Gasteiger partial charge < -0.3 is 10.4 Å². The second kappa shape index (κ2) is 4.84. The maximum Gasteiger partial charge on any atom is 0.320 e. The first kappa shape index (κ1) is 12.5. The molecule has 1 aliphatic heterocycles. The SMILES string of the molecule is O=C(O)[C@H]1C[C@]2(CC[C@@H](C3CCCCC3)C2)CN1. The van der Waals surface area contributed by atoms with Crippen molar-refractivity contribution in [1.29, 1.82) is 0 Å². The van der Waals surface area contributed by atoms with E-state index in [0.29, 0.717) is 5.41 Å². The summed E-state index contributed by atoms with van der Waals surface area (Å²) < 4.78 is 0. The fourth-order valence-corrected chi connectivity index (χ4v) is 4.70. The van der Waals surface area contributed by atoms with Gasteiger partial charge in [-0.3, -0.25) is 4.79 Å². The summed E-state index contributed by atoms with van der Waals surface area (Å²) in [5, 5.41) is 12.3. The van der Waals surface area contributed by atoms with Crippen molar-refractivity contribution in [3.63, 3.8) is 0 Å². The first-order valence-corrected chi connectivity index (χ1v) is 7.65. The second-order valence-corrected chi connectivity index (χ2v) is 6.88. The van der Waals surface area contributed by atoms with Crippen LogP contribution in [0.25, 0.3) is 0 Å². The topological polar surface area (TPSA) is 49.3 Å². The molecular weight excluding hydrogens is 226 g/mol. The van der Waals surface area contributed by atoms with E-state index in [0.717, 1.165) is 24.8 Å². The van der Waals surface area contributed by atoms with Crippen molar-refractivity contribution in [1.82, 2.24) is 5.32 Å². The van der Waals surface area contributed by atoms with Crippen LogP contribution in [-0.4, -0.2) is 23.7 Å². The number of nitrogens with one attached hydrogen (secondary N) is 1. The quantitative estimate of drug-likeness (QED) is 0.793. The van der Waals surface area contributed by atoms with E-state index < -0.39 is 5.97 Å². The Hall–Kier alpha value is -0.570. The summed E-state index contributed by atoms with van der Waals surface area (Å²) in [6, 6.07) is -0.282. The highest BCUT2D eigenvalue weighted by Crippen LogP contribution is 2.51. The Labute approximate surface area is 109 Å². The molecule has 1 spiro atoms. The molecule has 3 aliphatic rings. The van der Waals surface area contributed by atoms with Crippen LogP contribution < -0.4 is 5.32 Å². The van der Waals surface area contributed by atoms with E-state index >= 15 is 0 Å². The van der Waals surface area contributed by atoms with Gasteiger partial charge in [0.15, 0.2) is 0 Å². The van der Waals surface area contributed by atoms with Crippen LogP contribution in [0.15, 0.2) is 0 Å². The Morgan fingerprint density at radius 2 is 1.83 bits per heavy atom. The van der Waals surface area contributed by atoms with Crippen LogP contribution >= 0.6 is 0 Å². The van der Waals surface area contributed by atoms with E-state index in [4.69, 9.17) is 5.11 Å². The maximum atomic E-state index is 11.1. The number of carboxylic acid groups (broad SMARTS) is 1. The lowest BCUT2D eigenvalue weighted by atomic mass is 9.76. The van der Waals surface area contributed by atoms with Gasteiger partial charge in [0, 0.05) is 6.54 Å². The molecule has 2 saturated carbocycles. The van der Waals surface area contributed by atoms with Crippen molar-refractivity contribution >= 4 is 5.97 Å². The van der Waals surface area contributed by atoms with E-state index in [2.05, 4.69) is 5.32 Å². The van der Waals surface area contributed by atoms with E-state index in [1.165, 1.54) is 51.4 Å². The Balaban J connectivity index is 1.59. The highest BCUT2D eigenvalue weighted by molar-refractivity contribution is 5.74. The third-order valence-corrected chi connectivity index (χ3v) is 5.72. The molecule has 0 aromatic carbocycles. The Bertz CT molecular complexity index is 324. The zero-order chi connectivity index (χ0) is 12.6. The molecular formula is C15H25NO2. The van der Waals surface area contributed by atoms with Gasteiger partial charge in [0.25, 0.3) is 0 Å². The smallest absolute Gasteiger partial charge is 0.320 e. The third kappa shape index (κ3) is 2.29. The molecule has 0 aromatic heterocycles. The van der Waals surface area contributed by atoms with Gasteiger partial charge in [0.05, 0.1) is 0 Å². The number of aliphatic carboxylic acids is 1. The molecule has 0 radical (unpaired) electrons. The minimum Gasteiger partial charge on any atom is -0.480 e. The molecule has 3 nitrogen and oxygen atoms in total. The van der Waals surface area contributed by atoms with Crippen molar-refractivity contribution in [3.8, 4) is 0 Å². The van der Waals surface area contributed by atoms with Gasteiger partial charge in [-0.1, -0.05) is 32.1 Å². The summed E-state index contributed by atoms with van der Waals surface area (Å²) in [4.78, 5) is 11.1. The van der Waals surface area contributed by atoms with Crippen molar-refractivity contribution < 1.29 is 9.90 Å². The molecule has 3 fully saturated rings. The van der Waals surface area contributed by atoms with E-state index in [-0.39, 0.29) is 6.04 Å². The maximum absolute atomic E-state index is 11.1. The predicted octanol–water partition coefficient (Wildman–Crippen LogP) is 2.80. The summed E-state index contributed by atoms with van der Waals surface area (Å²) in [7, 11) is 0. The summed E-state index contributed by atoms with van der Waals surface area (Å²) in [6.45, 7) is 0.938. The Morgan fingerprint density at radius 1 is 1.06 bits per heavy atom. The summed E-state index contributed by atoms with van der Waals surface area (Å²) in [6.07, 6.45) is 11.9. The highest BCUT2D eigenvalue weighted by Gasteiger charge is 2.47. The van der Waals surface area contributed by atoms with E-state index in [1.807, 2.05) is 0 Å². The van der Waals surface area contributed by atoms with E-state index in [1.54, 1.807) is 0 Å². The minimum absolute atomic E-state index is 0.282. The fraction of sp³-hybridized carbons (Fsp3) is 0.933. The van der Waals surface area contributed by atoms with Crippen LogP contribution in [0.5, 0.6) is 0 Å². The van der Waals surface area contributed by atoms with Gasteiger partial charge in [0.1, 0.15) is 6.04 Å². The predicted molar refractivity (Wildman–Crippen MR) is 70.4 cm³/mol. The molecule has 1 heterocycles. The molecule has 3 rings (SSSR count). The van der Waals surface area contributed by atoms with Gasteiger partial charge in [-0.25, -0.2) is 0 Å². The number of carbonyl (C=O) groups is 1. The van der Waals surface area contributed by atoms with Crippen molar-refractivity contribution in [2.45, 2.75) is 63.8 Å². The van der Waals surface area contributed by atoms with Crippen LogP contribution in [0.3, 0.4) is 0 Å².